The van der Waals surface area contributed by atoms with Gasteiger partial charge in [0.1, 0.15) is 11.5 Å². The third kappa shape index (κ3) is 6.92. The molecule has 3 aromatic rings. The minimum absolute atomic E-state index is 0.103. The Morgan fingerprint density at radius 2 is 2.02 bits per heavy atom. The number of methoxy groups -OCH3 is 1. The molecule has 2 atom stereocenters. The SMILES string of the molecule is COc1ccc2cc1Oc1cccc(c1)CO[C@H]1CCN(Cc3c(C)noc3C)C[C@@H]1NC(=O)CN(CCCO)C2=O. The Hall–Kier alpha value is -3.93. The summed E-state index contributed by atoms with van der Waals surface area (Å²) in [7, 11) is 1.54. The molecule has 224 valence electrons. The van der Waals surface area contributed by atoms with Crippen LogP contribution >= 0.6 is 0 Å². The third-order valence-electron chi connectivity index (χ3n) is 7.75. The van der Waals surface area contributed by atoms with Gasteiger partial charge in [0.15, 0.2) is 11.5 Å². The van der Waals surface area contributed by atoms with Crippen LogP contribution in [0.15, 0.2) is 47.0 Å². The Kier molecular flexibility index (Phi) is 9.41. The Morgan fingerprint density at radius 3 is 2.79 bits per heavy atom. The lowest BCUT2D eigenvalue weighted by atomic mass is 10.0. The molecule has 11 heteroatoms. The van der Waals surface area contributed by atoms with E-state index in [4.69, 9.17) is 18.7 Å². The maximum Gasteiger partial charge on any atom is 0.254 e. The minimum Gasteiger partial charge on any atom is -0.493 e. The first kappa shape index (κ1) is 29.6. The van der Waals surface area contributed by atoms with Crippen LogP contribution in [0.2, 0.25) is 0 Å². The van der Waals surface area contributed by atoms with Gasteiger partial charge in [-0.25, -0.2) is 0 Å². The highest BCUT2D eigenvalue weighted by molar-refractivity contribution is 5.97. The summed E-state index contributed by atoms with van der Waals surface area (Å²) >= 11 is 0. The van der Waals surface area contributed by atoms with E-state index < -0.39 is 0 Å². The standard InChI is InChI=1S/C31H38N4O7/c1-20-25(21(2)42-33-20)16-34-12-10-27-26(17-34)32-30(37)18-35(11-5-13-36)31(38)23-8-9-28(39-3)29(15-23)41-24-7-4-6-22(14-24)19-40-27/h4,6-9,14-15,26-27,36H,5,10-13,16-19H2,1-3H3,(H,32,37)/t26-,27-/m0/s1. The van der Waals surface area contributed by atoms with E-state index in [1.165, 1.54) is 12.0 Å². The Morgan fingerprint density at radius 1 is 1.17 bits per heavy atom. The largest absolute Gasteiger partial charge is 0.493 e. The average molecular weight is 579 g/mol. The first-order valence-electron chi connectivity index (χ1n) is 14.2. The number of likely N-dealkylation sites (tertiary alicyclic amines) is 1. The van der Waals surface area contributed by atoms with E-state index in [1.807, 2.05) is 38.1 Å². The monoisotopic (exact) mass is 578 g/mol. The highest BCUT2D eigenvalue weighted by Gasteiger charge is 2.33. The van der Waals surface area contributed by atoms with Gasteiger partial charge in [0, 0.05) is 43.9 Å². The number of nitrogens with zero attached hydrogens (tertiary/aromatic N) is 3. The zero-order valence-corrected chi connectivity index (χ0v) is 24.3. The fourth-order valence-corrected chi connectivity index (χ4v) is 5.47. The van der Waals surface area contributed by atoms with Gasteiger partial charge in [0.05, 0.1) is 38.1 Å². The second kappa shape index (κ2) is 13.4. The predicted octanol–water partition coefficient (Wildman–Crippen LogP) is 3.21. The summed E-state index contributed by atoms with van der Waals surface area (Å²) < 4.78 is 23.4. The van der Waals surface area contributed by atoms with Gasteiger partial charge in [-0.05, 0) is 62.6 Å². The lowest BCUT2D eigenvalue weighted by Gasteiger charge is -2.39. The van der Waals surface area contributed by atoms with Crippen molar-refractivity contribution >= 4 is 11.8 Å². The molecule has 0 spiro atoms. The van der Waals surface area contributed by atoms with Crippen molar-refractivity contribution in [3.8, 4) is 17.2 Å². The van der Waals surface area contributed by atoms with Crippen LogP contribution in [0.1, 0.15) is 45.8 Å². The number of aliphatic hydroxyl groups excluding tert-OH is 1. The highest BCUT2D eigenvalue weighted by atomic mass is 16.5. The lowest BCUT2D eigenvalue weighted by Crippen LogP contribution is -2.57. The van der Waals surface area contributed by atoms with Crippen LogP contribution in [0.4, 0.5) is 0 Å². The second-order valence-electron chi connectivity index (χ2n) is 10.8. The summed E-state index contributed by atoms with van der Waals surface area (Å²) in [4.78, 5) is 30.8. The quantitative estimate of drug-likeness (QED) is 0.453. The van der Waals surface area contributed by atoms with Crippen molar-refractivity contribution in [2.75, 3.05) is 39.9 Å². The fraction of sp³-hybridized carbons (Fsp3) is 0.452. The first-order chi connectivity index (χ1) is 20.3. The van der Waals surface area contributed by atoms with Gasteiger partial charge in [0.25, 0.3) is 5.91 Å². The lowest BCUT2D eigenvalue weighted by molar-refractivity contribution is -0.125. The number of amides is 2. The molecule has 0 radical (unpaired) electrons. The van der Waals surface area contributed by atoms with Crippen LogP contribution < -0.4 is 14.8 Å². The molecular weight excluding hydrogens is 540 g/mol. The van der Waals surface area contributed by atoms with E-state index in [2.05, 4.69) is 15.4 Å². The van der Waals surface area contributed by atoms with Crippen LogP contribution in [0.5, 0.6) is 17.2 Å². The summed E-state index contributed by atoms with van der Waals surface area (Å²) in [5.74, 6) is 1.59. The molecule has 0 unspecified atom stereocenters. The zero-order chi connectivity index (χ0) is 29.6. The molecule has 2 aliphatic heterocycles. The Bertz CT molecular complexity index is 1390. The number of aryl methyl sites for hydroxylation is 2. The molecule has 5 rings (SSSR count). The minimum atomic E-state index is -0.344. The average Bonchev–Trinajstić information content (AvgIpc) is 3.30. The number of carbonyl (C=O) groups is 2. The smallest absolute Gasteiger partial charge is 0.254 e. The molecule has 4 bridgehead atoms. The van der Waals surface area contributed by atoms with Crippen LogP contribution in [0.25, 0.3) is 0 Å². The Balaban J connectivity index is 1.44. The van der Waals surface area contributed by atoms with Crippen molar-refractivity contribution in [2.24, 2.45) is 0 Å². The van der Waals surface area contributed by atoms with Crippen LogP contribution in [0, 0.1) is 13.8 Å². The van der Waals surface area contributed by atoms with Crippen molar-refractivity contribution in [1.82, 2.24) is 20.3 Å². The van der Waals surface area contributed by atoms with Crippen molar-refractivity contribution in [2.45, 2.75) is 52.0 Å². The number of nitrogens with one attached hydrogen (secondary N) is 1. The summed E-state index contributed by atoms with van der Waals surface area (Å²) in [5.41, 5.74) is 3.17. The van der Waals surface area contributed by atoms with Crippen LogP contribution in [0.3, 0.4) is 0 Å². The molecule has 2 N–H and O–H groups in total. The molecule has 1 saturated heterocycles. The van der Waals surface area contributed by atoms with Crippen molar-refractivity contribution in [3.05, 3.63) is 70.6 Å². The Labute approximate surface area is 245 Å². The zero-order valence-electron chi connectivity index (χ0n) is 24.3. The number of fused-ring (bicyclic) bond motifs is 5. The van der Waals surface area contributed by atoms with E-state index in [0.29, 0.717) is 55.4 Å². The molecule has 2 aromatic carbocycles. The number of hydrogen-bond donors (Lipinski definition) is 2. The summed E-state index contributed by atoms with van der Waals surface area (Å²) in [5, 5.41) is 16.7. The molecule has 1 aromatic heterocycles. The normalized spacial score (nSPS) is 20.0. The number of carbonyl (C=O) groups excluding carboxylic acids is 2. The van der Waals surface area contributed by atoms with Crippen LogP contribution in [-0.2, 0) is 22.7 Å². The second-order valence-corrected chi connectivity index (χ2v) is 10.8. The predicted molar refractivity (Wildman–Crippen MR) is 153 cm³/mol. The number of ether oxygens (including phenoxy) is 3. The van der Waals surface area contributed by atoms with Crippen molar-refractivity contribution < 1.29 is 33.4 Å². The van der Waals surface area contributed by atoms with E-state index in [-0.39, 0.29) is 43.7 Å². The topological polar surface area (TPSA) is 127 Å². The van der Waals surface area contributed by atoms with E-state index in [1.54, 1.807) is 18.2 Å². The van der Waals surface area contributed by atoms with E-state index in [9.17, 15) is 14.7 Å². The number of hydrogen-bond acceptors (Lipinski definition) is 9. The third-order valence-corrected chi connectivity index (χ3v) is 7.75. The molecule has 11 nitrogen and oxygen atoms in total. The summed E-state index contributed by atoms with van der Waals surface area (Å²) in [6.07, 6.45) is 0.812. The highest BCUT2D eigenvalue weighted by Crippen LogP contribution is 2.33. The molecule has 0 aliphatic carbocycles. The number of rotatable bonds is 6. The molecule has 3 heterocycles. The van der Waals surface area contributed by atoms with E-state index >= 15 is 0 Å². The number of aliphatic hydroxyl groups is 1. The maximum atomic E-state index is 13.6. The number of benzene rings is 2. The van der Waals surface area contributed by atoms with Gasteiger partial charge in [-0.3, -0.25) is 14.5 Å². The fourth-order valence-electron chi connectivity index (χ4n) is 5.47. The van der Waals surface area contributed by atoms with Gasteiger partial charge in [0.2, 0.25) is 5.91 Å². The maximum absolute atomic E-state index is 13.6. The molecule has 2 amide bonds. The number of piperidine rings is 1. The van der Waals surface area contributed by atoms with Gasteiger partial charge >= 0.3 is 0 Å². The van der Waals surface area contributed by atoms with Crippen molar-refractivity contribution in [1.29, 1.82) is 0 Å². The van der Waals surface area contributed by atoms with E-state index in [0.717, 1.165) is 29.1 Å². The molecular formula is C31H38N4O7. The molecule has 0 saturated carbocycles. The van der Waals surface area contributed by atoms with Crippen LogP contribution in [-0.4, -0.2) is 83.9 Å². The summed E-state index contributed by atoms with van der Waals surface area (Å²) in [6, 6.07) is 12.2. The first-order valence-corrected chi connectivity index (χ1v) is 14.2. The number of aromatic nitrogens is 1. The molecule has 42 heavy (non-hydrogen) atoms. The van der Waals surface area contributed by atoms with Crippen molar-refractivity contribution in [3.63, 3.8) is 0 Å². The summed E-state index contributed by atoms with van der Waals surface area (Å²) in [6.45, 7) is 6.13. The van der Waals surface area contributed by atoms with Gasteiger partial charge in [-0.1, -0.05) is 17.3 Å². The van der Waals surface area contributed by atoms with Gasteiger partial charge < -0.3 is 34.1 Å². The molecule has 2 aliphatic rings. The molecule has 1 fully saturated rings. The van der Waals surface area contributed by atoms with Gasteiger partial charge in [-0.15, -0.1) is 0 Å². The van der Waals surface area contributed by atoms with Gasteiger partial charge in [-0.2, -0.15) is 0 Å².